The van der Waals surface area contributed by atoms with Crippen LogP contribution in [0.25, 0.3) is 5.69 Å². The summed E-state index contributed by atoms with van der Waals surface area (Å²) in [5.41, 5.74) is 6.93. The fourth-order valence-corrected chi connectivity index (χ4v) is 3.14. The molecular formula is C16H22N4. The molecule has 1 aliphatic carbocycles. The second-order valence-corrected chi connectivity index (χ2v) is 5.62. The molecule has 2 aromatic rings. The Hall–Kier alpha value is -1.68. The van der Waals surface area contributed by atoms with E-state index in [9.17, 15) is 0 Å². The van der Waals surface area contributed by atoms with Crippen molar-refractivity contribution in [1.29, 1.82) is 0 Å². The fourth-order valence-electron chi connectivity index (χ4n) is 3.14. The Labute approximate surface area is 120 Å². The first-order valence-corrected chi connectivity index (χ1v) is 7.57. The number of hydrogen-bond donors (Lipinski definition) is 1. The maximum absolute atomic E-state index is 5.81. The van der Waals surface area contributed by atoms with E-state index in [-0.39, 0.29) is 0 Å². The molecule has 106 valence electrons. The van der Waals surface area contributed by atoms with Crippen molar-refractivity contribution in [3.8, 4) is 5.69 Å². The molecule has 0 unspecified atom stereocenters. The summed E-state index contributed by atoms with van der Waals surface area (Å²) in [4.78, 5) is 0. The van der Waals surface area contributed by atoms with Crippen LogP contribution in [-0.2, 0) is 13.0 Å². The largest absolute Gasteiger partial charge is 0.324 e. The van der Waals surface area contributed by atoms with Gasteiger partial charge in [0.1, 0.15) is 5.82 Å². The van der Waals surface area contributed by atoms with E-state index in [0.717, 1.165) is 29.7 Å². The summed E-state index contributed by atoms with van der Waals surface area (Å²) in [7, 11) is 0. The van der Waals surface area contributed by atoms with Crippen LogP contribution < -0.4 is 5.73 Å². The molecule has 0 aliphatic heterocycles. The smallest absolute Gasteiger partial charge is 0.151 e. The summed E-state index contributed by atoms with van der Waals surface area (Å²) in [6, 6.07) is 10.3. The highest BCUT2D eigenvalue weighted by molar-refractivity contribution is 5.34. The molecule has 0 saturated heterocycles. The minimum Gasteiger partial charge on any atom is -0.324 e. The molecule has 2 N–H and O–H groups in total. The zero-order chi connectivity index (χ0) is 13.8. The fraction of sp³-hybridized carbons (Fsp3) is 0.500. The van der Waals surface area contributed by atoms with E-state index in [2.05, 4.69) is 26.9 Å². The van der Waals surface area contributed by atoms with Gasteiger partial charge in [-0.1, -0.05) is 50.3 Å². The van der Waals surface area contributed by atoms with Gasteiger partial charge in [-0.3, -0.25) is 4.57 Å². The van der Waals surface area contributed by atoms with Crippen LogP contribution in [0, 0.1) is 5.92 Å². The second-order valence-electron chi connectivity index (χ2n) is 5.62. The summed E-state index contributed by atoms with van der Waals surface area (Å²) < 4.78 is 2.13. The molecule has 1 saturated carbocycles. The standard InChI is InChI=1S/C16H22N4/c17-12-16-19-18-15(11-13-7-3-1-4-8-13)20(16)14-9-5-2-6-10-14/h2,5-6,9-10,13H,1,3-4,7-8,11-12,17H2. The van der Waals surface area contributed by atoms with Crippen LogP contribution >= 0.6 is 0 Å². The Morgan fingerprint density at radius 3 is 2.40 bits per heavy atom. The predicted molar refractivity (Wildman–Crippen MR) is 79.5 cm³/mol. The van der Waals surface area contributed by atoms with E-state index in [1.54, 1.807) is 0 Å². The molecule has 1 fully saturated rings. The van der Waals surface area contributed by atoms with Gasteiger partial charge in [0.15, 0.2) is 5.82 Å². The highest BCUT2D eigenvalue weighted by Crippen LogP contribution is 2.27. The first kappa shape index (κ1) is 13.3. The van der Waals surface area contributed by atoms with Gasteiger partial charge in [0.25, 0.3) is 0 Å². The lowest BCUT2D eigenvalue weighted by Gasteiger charge is -2.21. The first-order chi connectivity index (χ1) is 9.88. The average molecular weight is 270 g/mol. The van der Waals surface area contributed by atoms with Gasteiger partial charge in [0, 0.05) is 12.1 Å². The van der Waals surface area contributed by atoms with Crippen LogP contribution in [0.15, 0.2) is 30.3 Å². The van der Waals surface area contributed by atoms with Gasteiger partial charge in [-0.25, -0.2) is 0 Å². The van der Waals surface area contributed by atoms with Crippen molar-refractivity contribution in [1.82, 2.24) is 14.8 Å². The number of aromatic nitrogens is 3. The Morgan fingerprint density at radius 1 is 1.00 bits per heavy atom. The predicted octanol–water partition coefficient (Wildman–Crippen LogP) is 2.85. The van der Waals surface area contributed by atoms with Gasteiger partial charge in [-0.2, -0.15) is 0 Å². The van der Waals surface area contributed by atoms with Crippen molar-refractivity contribution < 1.29 is 0 Å². The lowest BCUT2D eigenvalue weighted by atomic mass is 9.87. The first-order valence-electron chi connectivity index (χ1n) is 7.57. The number of rotatable bonds is 4. The highest BCUT2D eigenvalue weighted by Gasteiger charge is 2.19. The van der Waals surface area contributed by atoms with Gasteiger partial charge in [-0.05, 0) is 18.1 Å². The van der Waals surface area contributed by atoms with Crippen LogP contribution in [-0.4, -0.2) is 14.8 Å². The van der Waals surface area contributed by atoms with E-state index < -0.39 is 0 Å². The van der Waals surface area contributed by atoms with Crippen LogP contribution in [0.5, 0.6) is 0 Å². The summed E-state index contributed by atoms with van der Waals surface area (Å²) in [6.07, 6.45) is 7.75. The lowest BCUT2D eigenvalue weighted by molar-refractivity contribution is 0.350. The Balaban J connectivity index is 1.89. The van der Waals surface area contributed by atoms with Crippen LogP contribution in [0.1, 0.15) is 43.8 Å². The molecule has 3 rings (SSSR count). The molecule has 1 heterocycles. The summed E-state index contributed by atoms with van der Waals surface area (Å²) in [5, 5.41) is 8.65. The monoisotopic (exact) mass is 270 g/mol. The van der Waals surface area contributed by atoms with Gasteiger partial charge in [0.2, 0.25) is 0 Å². The Morgan fingerprint density at radius 2 is 1.70 bits per heavy atom. The van der Waals surface area contributed by atoms with Crippen molar-refractivity contribution in [2.45, 2.75) is 45.1 Å². The molecule has 1 aromatic heterocycles. The zero-order valence-electron chi connectivity index (χ0n) is 11.8. The molecule has 0 radical (unpaired) electrons. The number of para-hydroxylation sites is 1. The maximum atomic E-state index is 5.81. The van der Waals surface area contributed by atoms with Crippen LogP contribution in [0.3, 0.4) is 0 Å². The Kier molecular flexibility index (Phi) is 4.11. The van der Waals surface area contributed by atoms with E-state index in [4.69, 9.17) is 5.73 Å². The van der Waals surface area contributed by atoms with Crippen LogP contribution in [0.4, 0.5) is 0 Å². The number of benzene rings is 1. The van der Waals surface area contributed by atoms with E-state index in [0.29, 0.717) is 6.54 Å². The number of nitrogens with two attached hydrogens (primary N) is 1. The second kappa shape index (κ2) is 6.18. The topological polar surface area (TPSA) is 56.7 Å². The molecule has 20 heavy (non-hydrogen) atoms. The van der Waals surface area contributed by atoms with Crippen molar-refractivity contribution >= 4 is 0 Å². The molecule has 0 spiro atoms. The van der Waals surface area contributed by atoms with Crippen LogP contribution in [0.2, 0.25) is 0 Å². The number of nitrogens with zero attached hydrogens (tertiary/aromatic N) is 3. The quantitative estimate of drug-likeness (QED) is 0.929. The summed E-state index contributed by atoms with van der Waals surface area (Å²) in [6.45, 7) is 0.423. The van der Waals surface area contributed by atoms with E-state index in [1.165, 1.54) is 32.1 Å². The number of hydrogen-bond acceptors (Lipinski definition) is 3. The van der Waals surface area contributed by atoms with Gasteiger partial charge in [0.05, 0.1) is 6.54 Å². The minimum atomic E-state index is 0.423. The van der Waals surface area contributed by atoms with E-state index >= 15 is 0 Å². The third kappa shape index (κ3) is 2.75. The molecule has 0 amide bonds. The molecule has 1 aromatic carbocycles. The molecule has 0 bridgehead atoms. The van der Waals surface area contributed by atoms with Gasteiger partial charge >= 0.3 is 0 Å². The third-order valence-electron chi connectivity index (χ3n) is 4.19. The molecular weight excluding hydrogens is 248 g/mol. The summed E-state index contributed by atoms with van der Waals surface area (Å²) in [5.74, 6) is 2.66. The van der Waals surface area contributed by atoms with Crippen molar-refractivity contribution in [2.24, 2.45) is 11.7 Å². The highest BCUT2D eigenvalue weighted by atomic mass is 15.3. The van der Waals surface area contributed by atoms with E-state index in [1.807, 2.05) is 18.2 Å². The summed E-state index contributed by atoms with van der Waals surface area (Å²) >= 11 is 0. The SMILES string of the molecule is NCc1nnc(CC2CCCCC2)n1-c1ccccc1. The average Bonchev–Trinajstić information content (AvgIpc) is 2.92. The molecule has 1 aliphatic rings. The molecule has 4 heteroatoms. The minimum absolute atomic E-state index is 0.423. The Bertz CT molecular complexity index is 541. The van der Waals surface area contributed by atoms with Gasteiger partial charge < -0.3 is 5.73 Å². The lowest BCUT2D eigenvalue weighted by Crippen LogP contribution is -2.14. The maximum Gasteiger partial charge on any atom is 0.151 e. The molecule has 4 nitrogen and oxygen atoms in total. The molecule has 0 atom stereocenters. The van der Waals surface area contributed by atoms with Gasteiger partial charge in [-0.15, -0.1) is 10.2 Å². The zero-order valence-corrected chi connectivity index (χ0v) is 11.8. The van der Waals surface area contributed by atoms with Crippen molar-refractivity contribution in [3.63, 3.8) is 0 Å². The van der Waals surface area contributed by atoms with Crippen molar-refractivity contribution in [2.75, 3.05) is 0 Å². The normalized spacial score (nSPS) is 16.4. The van der Waals surface area contributed by atoms with Crippen molar-refractivity contribution in [3.05, 3.63) is 42.0 Å². The third-order valence-corrected chi connectivity index (χ3v) is 4.19.